The molecular formula is C15H20F2N2O. The standard InChI is InChI=1S/C15H20F2N2O/c1-3-19(15(20)12-8-18-7-10(12)2)9-11-4-5-13(16)14(17)6-11/h4-6,10,12,18H,3,7-9H2,1-2H3. The number of carbonyl (C=O) groups excluding carboxylic acids is 1. The van der Waals surface area contributed by atoms with Crippen LogP contribution in [0.5, 0.6) is 0 Å². The summed E-state index contributed by atoms with van der Waals surface area (Å²) in [6.07, 6.45) is 0. The summed E-state index contributed by atoms with van der Waals surface area (Å²) in [4.78, 5) is 14.2. The van der Waals surface area contributed by atoms with E-state index in [0.29, 0.717) is 31.1 Å². The Balaban J connectivity index is 2.08. The van der Waals surface area contributed by atoms with Crippen LogP contribution in [0.15, 0.2) is 18.2 Å². The van der Waals surface area contributed by atoms with Crippen LogP contribution in [0.25, 0.3) is 0 Å². The van der Waals surface area contributed by atoms with Crippen molar-refractivity contribution in [3.8, 4) is 0 Å². The second kappa shape index (κ2) is 6.31. The highest BCUT2D eigenvalue weighted by Crippen LogP contribution is 2.20. The summed E-state index contributed by atoms with van der Waals surface area (Å²) in [5.74, 6) is -1.38. The van der Waals surface area contributed by atoms with E-state index in [1.54, 1.807) is 4.90 Å². The molecule has 0 radical (unpaired) electrons. The number of hydrogen-bond donors (Lipinski definition) is 1. The van der Waals surface area contributed by atoms with Crippen LogP contribution in [0.2, 0.25) is 0 Å². The Kier molecular flexibility index (Phi) is 4.70. The maximum atomic E-state index is 13.2. The van der Waals surface area contributed by atoms with E-state index in [2.05, 4.69) is 5.32 Å². The minimum absolute atomic E-state index is 0.0276. The molecule has 0 aromatic heterocycles. The summed E-state index contributed by atoms with van der Waals surface area (Å²) >= 11 is 0. The van der Waals surface area contributed by atoms with Crippen molar-refractivity contribution in [1.82, 2.24) is 10.2 Å². The number of amides is 1. The molecule has 0 spiro atoms. The lowest BCUT2D eigenvalue weighted by atomic mass is 9.96. The van der Waals surface area contributed by atoms with E-state index >= 15 is 0 Å². The van der Waals surface area contributed by atoms with Gasteiger partial charge in [-0.05, 0) is 37.1 Å². The summed E-state index contributed by atoms with van der Waals surface area (Å²) in [5, 5.41) is 3.21. The average Bonchev–Trinajstić information content (AvgIpc) is 2.85. The van der Waals surface area contributed by atoms with Gasteiger partial charge in [0.25, 0.3) is 0 Å². The third kappa shape index (κ3) is 3.15. The van der Waals surface area contributed by atoms with E-state index in [9.17, 15) is 13.6 Å². The number of carbonyl (C=O) groups is 1. The summed E-state index contributed by atoms with van der Waals surface area (Å²) in [5.41, 5.74) is 0.609. The molecule has 3 nitrogen and oxygen atoms in total. The first kappa shape index (κ1) is 14.9. The molecule has 1 amide bonds. The molecule has 1 aliphatic heterocycles. The van der Waals surface area contributed by atoms with Gasteiger partial charge in [-0.3, -0.25) is 4.79 Å². The molecule has 2 rings (SSSR count). The molecule has 0 saturated carbocycles. The molecule has 1 aliphatic rings. The second-order valence-electron chi connectivity index (χ2n) is 5.34. The van der Waals surface area contributed by atoms with Crippen LogP contribution in [0.1, 0.15) is 19.4 Å². The van der Waals surface area contributed by atoms with Crippen LogP contribution >= 0.6 is 0 Å². The van der Waals surface area contributed by atoms with Gasteiger partial charge < -0.3 is 10.2 Å². The number of hydrogen-bond acceptors (Lipinski definition) is 2. The normalized spacial score (nSPS) is 22.0. The zero-order chi connectivity index (χ0) is 14.7. The largest absolute Gasteiger partial charge is 0.338 e. The fraction of sp³-hybridized carbons (Fsp3) is 0.533. The molecule has 5 heteroatoms. The summed E-state index contributed by atoms with van der Waals surface area (Å²) in [6, 6.07) is 3.77. The quantitative estimate of drug-likeness (QED) is 0.918. The van der Waals surface area contributed by atoms with E-state index in [-0.39, 0.29) is 11.8 Å². The van der Waals surface area contributed by atoms with Crippen molar-refractivity contribution < 1.29 is 13.6 Å². The highest BCUT2D eigenvalue weighted by molar-refractivity contribution is 5.79. The second-order valence-corrected chi connectivity index (χ2v) is 5.34. The van der Waals surface area contributed by atoms with Crippen LogP contribution in [-0.2, 0) is 11.3 Å². The van der Waals surface area contributed by atoms with Crippen LogP contribution < -0.4 is 5.32 Å². The lowest BCUT2D eigenvalue weighted by Gasteiger charge is -2.26. The molecule has 1 heterocycles. The van der Waals surface area contributed by atoms with Crippen molar-refractivity contribution in [1.29, 1.82) is 0 Å². The van der Waals surface area contributed by atoms with Gasteiger partial charge in [0, 0.05) is 19.6 Å². The van der Waals surface area contributed by atoms with E-state index in [1.165, 1.54) is 6.07 Å². The van der Waals surface area contributed by atoms with Crippen molar-refractivity contribution in [2.24, 2.45) is 11.8 Å². The molecule has 20 heavy (non-hydrogen) atoms. The number of nitrogens with zero attached hydrogens (tertiary/aromatic N) is 1. The number of rotatable bonds is 4. The van der Waals surface area contributed by atoms with Gasteiger partial charge >= 0.3 is 0 Å². The Labute approximate surface area is 118 Å². The fourth-order valence-corrected chi connectivity index (χ4v) is 2.58. The molecule has 1 saturated heterocycles. The van der Waals surface area contributed by atoms with Crippen molar-refractivity contribution in [2.45, 2.75) is 20.4 Å². The number of halogens is 2. The van der Waals surface area contributed by atoms with Crippen molar-refractivity contribution in [3.63, 3.8) is 0 Å². The first-order valence-electron chi connectivity index (χ1n) is 6.96. The van der Waals surface area contributed by atoms with Crippen LogP contribution in [0.3, 0.4) is 0 Å². The molecule has 1 aromatic rings. The van der Waals surface area contributed by atoms with E-state index < -0.39 is 11.6 Å². The zero-order valence-corrected chi connectivity index (χ0v) is 11.8. The molecule has 1 fully saturated rings. The molecule has 0 aliphatic carbocycles. The Morgan fingerprint density at radius 1 is 1.35 bits per heavy atom. The van der Waals surface area contributed by atoms with Gasteiger partial charge in [0.05, 0.1) is 5.92 Å². The molecule has 110 valence electrons. The lowest BCUT2D eigenvalue weighted by molar-refractivity contribution is -0.136. The average molecular weight is 282 g/mol. The Hall–Kier alpha value is -1.49. The molecule has 0 bridgehead atoms. The minimum Gasteiger partial charge on any atom is -0.338 e. The van der Waals surface area contributed by atoms with Crippen molar-refractivity contribution in [2.75, 3.05) is 19.6 Å². The van der Waals surface area contributed by atoms with Gasteiger partial charge in [-0.2, -0.15) is 0 Å². The van der Waals surface area contributed by atoms with Crippen molar-refractivity contribution >= 4 is 5.91 Å². The molecule has 2 unspecified atom stereocenters. The Morgan fingerprint density at radius 2 is 2.10 bits per heavy atom. The summed E-state index contributed by atoms with van der Waals surface area (Å²) in [6.45, 7) is 6.35. The van der Waals surface area contributed by atoms with Gasteiger partial charge in [-0.25, -0.2) is 8.78 Å². The van der Waals surface area contributed by atoms with Crippen LogP contribution in [-0.4, -0.2) is 30.4 Å². The third-order valence-corrected chi connectivity index (χ3v) is 3.89. The molecule has 2 atom stereocenters. The number of nitrogens with one attached hydrogen (secondary N) is 1. The SMILES string of the molecule is CCN(Cc1ccc(F)c(F)c1)C(=O)C1CNCC1C. The van der Waals surface area contributed by atoms with E-state index in [0.717, 1.165) is 18.7 Å². The first-order valence-corrected chi connectivity index (χ1v) is 6.96. The van der Waals surface area contributed by atoms with Crippen molar-refractivity contribution in [3.05, 3.63) is 35.4 Å². The summed E-state index contributed by atoms with van der Waals surface area (Å²) in [7, 11) is 0. The first-order chi connectivity index (χ1) is 9.52. The maximum absolute atomic E-state index is 13.2. The summed E-state index contributed by atoms with van der Waals surface area (Å²) < 4.78 is 26.1. The topological polar surface area (TPSA) is 32.3 Å². The highest BCUT2D eigenvalue weighted by Gasteiger charge is 2.32. The molecule has 1 aromatic carbocycles. The van der Waals surface area contributed by atoms with Gasteiger partial charge in [0.15, 0.2) is 11.6 Å². The highest BCUT2D eigenvalue weighted by atomic mass is 19.2. The zero-order valence-electron chi connectivity index (χ0n) is 11.8. The third-order valence-electron chi connectivity index (χ3n) is 3.89. The molecule has 1 N–H and O–H groups in total. The Bertz CT molecular complexity index is 493. The predicted molar refractivity (Wildman–Crippen MR) is 73.0 cm³/mol. The Morgan fingerprint density at radius 3 is 2.65 bits per heavy atom. The minimum atomic E-state index is -0.873. The predicted octanol–water partition coefficient (Wildman–Crippen LogP) is 2.17. The lowest BCUT2D eigenvalue weighted by Crippen LogP contribution is -2.38. The fourth-order valence-electron chi connectivity index (χ4n) is 2.58. The van der Waals surface area contributed by atoms with Crippen LogP contribution in [0.4, 0.5) is 8.78 Å². The smallest absolute Gasteiger partial charge is 0.227 e. The van der Waals surface area contributed by atoms with Gasteiger partial charge in [-0.15, -0.1) is 0 Å². The van der Waals surface area contributed by atoms with E-state index in [4.69, 9.17) is 0 Å². The molecular weight excluding hydrogens is 262 g/mol. The van der Waals surface area contributed by atoms with Gasteiger partial charge in [0.2, 0.25) is 5.91 Å². The van der Waals surface area contributed by atoms with E-state index in [1.807, 2.05) is 13.8 Å². The van der Waals surface area contributed by atoms with Gasteiger partial charge in [0.1, 0.15) is 0 Å². The number of benzene rings is 1. The maximum Gasteiger partial charge on any atom is 0.227 e. The monoisotopic (exact) mass is 282 g/mol. The van der Waals surface area contributed by atoms with Gasteiger partial charge in [-0.1, -0.05) is 13.0 Å². The van der Waals surface area contributed by atoms with Crippen LogP contribution in [0, 0.1) is 23.5 Å².